The van der Waals surface area contributed by atoms with Crippen LogP contribution in [0.25, 0.3) is 0 Å². The first-order valence-electron chi connectivity index (χ1n) is 9.93. The molecule has 0 radical (unpaired) electrons. The van der Waals surface area contributed by atoms with Gasteiger partial charge < -0.3 is 14.8 Å². The van der Waals surface area contributed by atoms with Crippen LogP contribution >= 0.6 is 15.9 Å². The number of hydrogen-bond donors (Lipinski definition) is 1. The van der Waals surface area contributed by atoms with Gasteiger partial charge in [0.1, 0.15) is 0 Å². The van der Waals surface area contributed by atoms with E-state index in [1.807, 2.05) is 4.90 Å². The minimum Gasteiger partial charge on any atom is -0.345 e. The third-order valence-electron chi connectivity index (χ3n) is 4.89. The fraction of sp³-hybridized carbons (Fsp3) is 0.500. The quantitative estimate of drug-likeness (QED) is 0.551. The highest BCUT2D eigenvalue weighted by molar-refractivity contribution is 9.10. The first kappa shape index (κ1) is 21.7. The van der Waals surface area contributed by atoms with Crippen LogP contribution in [0.3, 0.4) is 0 Å². The number of nitrogens with zero attached hydrogens (tertiary/aromatic N) is 2. The van der Waals surface area contributed by atoms with Gasteiger partial charge >= 0.3 is 0 Å². The van der Waals surface area contributed by atoms with Gasteiger partial charge in [0.15, 0.2) is 0 Å². The molecule has 1 aromatic heterocycles. The highest BCUT2D eigenvalue weighted by Crippen LogP contribution is 2.14. The van der Waals surface area contributed by atoms with Crippen molar-refractivity contribution in [1.82, 2.24) is 14.8 Å². The van der Waals surface area contributed by atoms with E-state index in [0.29, 0.717) is 19.1 Å². The van der Waals surface area contributed by atoms with Crippen LogP contribution in [0, 0.1) is 0 Å². The molecule has 0 aliphatic carbocycles. The molecular weight excluding hydrogens is 402 g/mol. The third-order valence-corrected chi connectivity index (χ3v) is 5.42. The molecule has 1 aromatic carbocycles. The van der Waals surface area contributed by atoms with Gasteiger partial charge in [0, 0.05) is 35.5 Å². The molecule has 2 aromatic rings. The van der Waals surface area contributed by atoms with E-state index >= 15 is 0 Å². The molecule has 1 atom stereocenters. The average Bonchev–Trinajstić information content (AvgIpc) is 3.11. The van der Waals surface area contributed by atoms with Crippen LogP contribution in [0.2, 0.25) is 0 Å². The van der Waals surface area contributed by atoms with Crippen molar-refractivity contribution in [1.29, 1.82) is 0 Å². The molecule has 27 heavy (non-hydrogen) atoms. The second kappa shape index (κ2) is 11.3. The highest BCUT2D eigenvalue weighted by Gasteiger charge is 2.16. The fourth-order valence-corrected chi connectivity index (χ4v) is 3.15. The Morgan fingerprint density at radius 3 is 2.63 bits per heavy atom. The van der Waals surface area contributed by atoms with Crippen LogP contribution < -0.4 is 5.32 Å². The second-order valence-electron chi connectivity index (χ2n) is 7.11. The largest absolute Gasteiger partial charge is 0.345 e. The van der Waals surface area contributed by atoms with E-state index in [9.17, 15) is 4.79 Å². The lowest BCUT2D eigenvalue weighted by atomic mass is 10.2. The highest BCUT2D eigenvalue weighted by atomic mass is 79.9. The summed E-state index contributed by atoms with van der Waals surface area (Å²) in [5.74, 6) is 0.181. The Bertz CT molecular complexity index is 696. The number of halogens is 1. The molecule has 1 amide bonds. The van der Waals surface area contributed by atoms with E-state index in [-0.39, 0.29) is 5.91 Å². The molecule has 0 fully saturated rings. The molecule has 2 rings (SSSR count). The van der Waals surface area contributed by atoms with E-state index < -0.39 is 0 Å². The minimum atomic E-state index is 0.181. The Morgan fingerprint density at radius 2 is 1.96 bits per heavy atom. The Kier molecular flexibility index (Phi) is 9.08. The lowest BCUT2D eigenvalue weighted by Crippen LogP contribution is -2.41. The zero-order valence-electron chi connectivity index (χ0n) is 16.7. The first-order chi connectivity index (χ1) is 13.0. The van der Waals surface area contributed by atoms with Crippen molar-refractivity contribution in [2.45, 2.75) is 59.2 Å². The average molecular weight is 434 g/mol. The van der Waals surface area contributed by atoms with Crippen LogP contribution in [0.5, 0.6) is 0 Å². The van der Waals surface area contributed by atoms with E-state index in [2.05, 4.69) is 89.2 Å². The number of benzene rings is 1. The van der Waals surface area contributed by atoms with Gasteiger partial charge in [-0.05, 0) is 49.6 Å². The number of hydrogen-bond acceptors (Lipinski definition) is 2. The third kappa shape index (κ3) is 7.15. The predicted molar refractivity (Wildman–Crippen MR) is 116 cm³/mol. The van der Waals surface area contributed by atoms with Crippen molar-refractivity contribution in [2.75, 3.05) is 13.1 Å². The van der Waals surface area contributed by atoms with Gasteiger partial charge in [0.05, 0.1) is 13.1 Å². The number of aromatic nitrogens is 1. The minimum absolute atomic E-state index is 0.181. The topological polar surface area (TPSA) is 37.3 Å². The number of rotatable bonds is 11. The lowest BCUT2D eigenvalue weighted by molar-refractivity contribution is -0.131. The summed E-state index contributed by atoms with van der Waals surface area (Å²) in [6, 6.07) is 12.9. The molecule has 0 bridgehead atoms. The lowest BCUT2D eigenvalue weighted by Gasteiger charge is -2.24. The smallest absolute Gasteiger partial charge is 0.236 e. The summed E-state index contributed by atoms with van der Waals surface area (Å²) in [5, 5.41) is 3.33. The maximum absolute atomic E-state index is 12.8. The fourth-order valence-electron chi connectivity index (χ4n) is 2.89. The molecule has 0 aliphatic heterocycles. The first-order valence-corrected chi connectivity index (χ1v) is 10.7. The molecule has 4 nitrogen and oxygen atoms in total. The van der Waals surface area contributed by atoms with E-state index in [1.165, 1.54) is 11.3 Å². The zero-order valence-corrected chi connectivity index (χ0v) is 18.3. The Labute approximate surface area is 172 Å². The molecule has 0 spiro atoms. The standard InChI is InChI=1S/C22H32BrN3O/c1-4-6-13-26(22(27)15-24-18(3)5-2)17-21-8-7-14-25(21)16-19-9-11-20(23)12-10-19/h7-12,14,18,24H,4-6,13,15-17H2,1-3H3. The van der Waals surface area contributed by atoms with Gasteiger partial charge in [-0.25, -0.2) is 0 Å². The summed E-state index contributed by atoms with van der Waals surface area (Å²) in [6.45, 7) is 9.10. The monoisotopic (exact) mass is 433 g/mol. The number of nitrogens with one attached hydrogen (secondary N) is 1. The summed E-state index contributed by atoms with van der Waals surface area (Å²) in [6.07, 6.45) is 5.24. The van der Waals surface area contributed by atoms with E-state index in [4.69, 9.17) is 0 Å². The van der Waals surface area contributed by atoms with Gasteiger partial charge in [-0.15, -0.1) is 0 Å². The Morgan fingerprint density at radius 1 is 1.22 bits per heavy atom. The summed E-state index contributed by atoms with van der Waals surface area (Å²) < 4.78 is 3.32. The molecule has 148 valence electrons. The normalized spacial score (nSPS) is 12.1. The number of amides is 1. The van der Waals surface area contributed by atoms with Crippen molar-refractivity contribution in [3.05, 3.63) is 58.3 Å². The van der Waals surface area contributed by atoms with Crippen molar-refractivity contribution >= 4 is 21.8 Å². The predicted octanol–water partition coefficient (Wildman–Crippen LogP) is 4.82. The van der Waals surface area contributed by atoms with Crippen LogP contribution in [-0.4, -0.2) is 34.5 Å². The zero-order chi connectivity index (χ0) is 19.6. The van der Waals surface area contributed by atoms with Crippen LogP contribution in [0.15, 0.2) is 47.1 Å². The van der Waals surface area contributed by atoms with Crippen molar-refractivity contribution in [3.8, 4) is 0 Å². The number of unbranched alkanes of at least 4 members (excludes halogenated alkanes) is 1. The van der Waals surface area contributed by atoms with Gasteiger partial charge in [-0.2, -0.15) is 0 Å². The Balaban J connectivity index is 2.04. The number of carbonyl (C=O) groups is 1. The number of carbonyl (C=O) groups excluding carboxylic acids is 1. The molecule has 1 N–H and O–H groups in total. The maximum atomic E-state index is 12.8. The maximum Gasteiger partial charge on any atom is 0.236 e. The van der Waals surface area contributed by atoms with Crippen LogP contribution in [-0.2, 0) is 17.9 Å². The molecule has 0 aliphatic rings. The molecule has 0 saturated heterocycles. The SMILES string of the molecule is CCCCN(Cc1cccn1Cc1ccc(Br)cc1)C(=O)CNC(C)CC. The summed E-state index contributed by atoms with van der Waals surface area (Å²) >= 11 is 3.48. The van der Waals surface area contributed by atoms with Crippen molar-refractivity contribution in [2.24, 2.45) is 0 Å². The molecule has 1 heterocycles. The van der Waals surface area contributed by atoms with E-state index in [1.54, 1.807) is 0 Å². The second-order valence-corrected chi connectivity index (χ2v) is 8.03. The van der Waals surface area contributed by atoms with Crippen LogP contribution in [0.4, 0.5) is 0 Å². The van der Waals surface area contributed by atoms with Crippen molar-refractivity contribution in [3.63, 3.8) is 0 Å². The van der Waals surface area contributed by atoms with Crippen LogP contribution in [0.1, 0.15) is 51.3 Å². The van der Waals surface area contributed by atoms with E-state index in [0.717, 1.165) is 36.8 Å². The Hall–Kier alpha value is -1.59. The molecule has 5 heteroatoms. The summed E-state index contributed by atoms with van der Waals surface area (Å²) in [5.41, 5.74) is 2.42. The van der Waals surface area contributed by atoms with Gasteiger partial charge in [-0.3, -0.25) is 4.79 Å². The summed E-state index contributed by atoms with van der Waals surface area (Å²) in [7, 11) is 0. The van der Waals surface area contributed by atoms with Gasteiger partial charge in [0.2, 0.25) is 5.91 Å². The van der Waals surface area contributed by atoms with Gasteiger partial charge in [0.25, 0.3) is 0 Å². The molecule has 0 saturated carbocycles. The van der Waals surface area contributed by atoms with Gasteiger partial charge in [-0.1, -0.05) is 48.3 Å². The van der Waals surface area contributed by atoms with Crippen molar-refractivity contribution < 1.29 is 4.79 Å². The molecular formula is C22H32BrN3O. The summed E-state index contributed by atoms with van der Waals surface area (Å²) in [4.78, 5) is 14.7. The molecule has 1 unspecified atom stereocenters.